The highest BCUT2D eigenvalue weighted by molar-refractivity contribution is 5.89. The van der Waals surface area contributed by atoms with Crippen molar-refractivity contribution >= 4 is 11.9 Å². The number of rotatable bonds is 5. The van der Waals surface area contributed by atoms with Gasteiger partial charge in [0.25, 0.3) is 0 Å². The summed E-state index contributed by atoms with van der Waals surface area (Å²) in [6.07, 6.45) is 2.12. The largest absolute Gasteiger partial charge is 0.465 e. The number of nitrogens with one attached hydrogen (secondary N) is 1. The molecular weight excluding hydrogens is 275 g/mol. The lowest BCUT2D eigenvalue weighted by molar-refractivity contribution is -0.129. The van der Waals surface area contributed by atoms with Crippen molar-refractivity contribution in [3.63, 3.8) is 0 Å². The quantitative estimate of drug-likeness (QED) is 0.832. The van der Waals surface area contributed by atoms with Gasteiger partial charge < -0.3 is 15.0 Å². The van der Waals surface area contributed by atoms with Gasteiger partial charge in [0.1, 0.15) is 5.82 Å². The Morgan fingerprint density at radius 3 is 2.67 bits per heavy atom. The number of benzene rings is 1. The van der Waals surface area contributed by atoms with Gasteiger partial charge in [-0.1, -0.05) is 6.07 Å². The predicted octanol–water partition coefficient (Wildman–Crippen LogP) is 1.32. The van der Waals surface area contributed by atoms with Crippen LogP contribution in [-0.4, -0.2) is 43.5 Å². The third-order valence-electron chi connectivity index (χ3n) is 3.50. The highest BCUT2D eigenvalue weighted by Crippen LogP contribution is 2.12. The maximum absolute atomic E-state index is 13.7. The van der Waals surface area contributed by atoms with E-state index >= 15 is 0 Å². The van der Waals surface area contributed by atoms with E-state index in [1.54, 1.807) is 6.07 Å². The van der Waals surface area contributed by atoms with Crippen LogP contribution in [0, 0.1) is 5.82 Å². The van der Waals surface area contributed by atoms with Gasteiger partial charge in [-0.15, -0.1) is 0 Å². The van der Waals surface area contributed by atoms with Crippen LogP contribution in [0.2, 0.25) is 0 Å². The van der Waals surface area contributed by atoms with Gasteiger partial charge in [0.15, 0.2) is 0 Å². The van der Waals surface area contributed by atoms with Crippen molar-refractivity contribution in [1.29, 1.82) is 0 Å². The van der Waals surface area contributed by atoms with Gasteiger partial charge in [0.2, 0.25) is 5.91 Å². The number of amides is 1. The summed E-state index contributed by atoms with van der Waals surface area (Å²) in [5.41, 5.74) is 0.587. The molecule has 114 valence electrons. The fourth-order valence-electron chi connectivity index (χ4n) is 2.34. The van der Waals surface area contributed by atoms with Crippen LogP contribution in [0.15, 0.2) is 18.2 Å². The van der Waals surface area contributed by atoms with E-state index < -0.39 is 11.8 Å². The highest BCUT2D eigenvalue weighted by Gasteiger charge is 2.17. The van der Waals surface area contributed by atoms with Crippen LogP contribution >= 0.6 is 0 Å². The molecule has 1 amide bonds. The van der Waals surface area contributed by atoms with Gasteiger partial charge in [0.05, 0.1) is 19.2 Å². The Morgan fingerprint density at radius 1 is 1.33 bits per heavy atom. The molecule has 1 aliphatic heterocycles. The first-order valence-corrected chi connectivity index (χ1v) is 6.97. The Balaban J connectivity index is 1.84. The van der Waals surface area contributed by atoms with Crippen molar-refractivity contribution in [2.75, 3.05) is 26.7 Å². The molecule has 2 rings (SSSR count). The Bertz CT molecular complexity index is 528. The number of carbonyl (C=O) groups excluding carboxylic acids is 2. The second-order valence-corrected chi connectivity index (χ2v) is 5.00. The van der Waals surface area contributed by atoms with Crippen LogP contribution in [0.5, 0.6) is 0 Å². The predicted molar refractivity (Wildman–Crippen MR) is 75.3 cm³/mol. The summed E-state index contributed by atoms with van der Waals surface area (Å²) in [7, 11) is 1.21. The van der Waals surface area contributed by atoms with Gasteiger partial charge >= 0.3 is 5.97 Å². The molecule has 0 aromatic heterocycles. The first-order valence-electron chi connectivity index (χ1n) is 6.97. The van der Waals surface area contributed by atoms with Gasteiger partial charge in [-0.3, -0.25) is 4.79 Å². The monoisotopic (exact) mass is 294 g/mol. The zero-order valence-electron chi connectivity index (χ0n) is 12.0. The number of halogens is 1. The first kappa shape index (κ1) is 15.4. The Morgan fingerprint density at radius 2 is 2.05 bits per heavy atom. The molecule has 6 heteroatoms. The molecular formula is C15H19FN2O3. The topological polar surface area (TPSA) is 58.6 Å². The van der Waals surface area contributed by atoms with E-state index in [-0.39, 0.29) is 18.0 Å². The maximum Gasteiger partial charge on any atom is 0.340 e. The second-order valence-electron chi connectivity index (χ2n) is 5.00. The molecule has 0 unspecified atom stereocenters. The van der Waals surface area contributed by atoms with Crippen LogP contribution < -0.4 is 5.32 Å². The van der Waals surface area contributed by atoms with Crippen molar-refractivity contribution in [3.05, 3.63) is 35.1 Å². The molecule has 1 heterocycles. The maximum atomic E-state index is 13.7. The lowest BCUT2D eigenvalue weighted by atomic mass is 10.1. The van der Waals surface area contributed by atoms with Crippen molar-refractivity contribution < 1.29 is 18.7 Å². The van der Waals surface area contributed by atoms with Crippen molar-refractivity contribution in [2.45, 2.75) is 19.4 Å². The van der Waals surface area contributed by atoms with Gasteiger partial charge in [-0.25, -0.2) is 9.18 Å². The minimum Gasteiger partial charge on any atom is -0.465 e. The molecule has 0 saturated carbocycles. The van der Waals surface area contributed by atoms with E-state index in [0.717, 1.165) is 25.9 Å². The van der Waals surface area contributed by atoms with Gasteiger partial charge in [0, 0.05) is 19.6 Å². The van der Waals surface area contributed by atoms with E-state index in [4.69, 9.17) is 0 Å². The number of hydrogen-bond acceptors (Lipinski definition) is 4. The van der Waals surface area contributed by atoms with Crippen LogP contribution in [0.4, 0.5) is 4.39 Å². The summed E-state index contributed by atoms with van der Waals surface area (Å²) >= 11 is 0. The second kappa shape index (κ2) is 7.17. The fourth-order valence-corrected chi connectivity index (χ4v) is 2.34. The average Bonchev–Trinajstić information content (AvgIpc) is 3.01. The van der Waals surface area contributed by atoms with Crippen LogP contribution in [0.3, 0.4) is 0 Å². The molecule has 0 atom stereocenters. The summed E-state index contributed by atoms with van der Waals surface area (Å²) in [6, 6.07) is 4.31. The van der Waals surface area contributed by atoms with Crippen molar-refractivity contribution in [1.82, 2.24) is 10.2 Å². The number of carbonyl (C=O) groups is 2. The smallest absolute Gasteiger partial charge is 0.340 e. The summed E-state index contributed by atoms with van der Waals surface area (Å²) in [6.45, 7) is 2.25. The standard InChI is InChI=1S/C15H19FN2O3/c1-21-15(20)12-5-4-11(8-13(12)16)9-17-10-14(19)18-6-2-3-7-18/h4-5,8,17H,2-3,6-7,9-10H2,1H3. The Hall–Kier alpha value is -1.95. The number of esters is 1. The van der Waals surface area contributed by atoms with Gasteiger partial charge in [-0.2, -0.15) is 0 Å². The lowest BCUT2D eigenvalue weighted by Gasteiger charge is -2.15. The number of methoxy groups -OCH3 is 1. The van der Waals surface area contributed by atoms with E-state index in [0.29, 0.717) is 12.1 Å². The van der Waals surface area contributed by atoms with Crippen LogP contribution in [0.25, 0.3) is 0 Å². The molecule has 1 aromatic carbocycles. The van der Waals surface area contributed by atoms with E-state index in [1.807, 2.05) is 4.90 Å². The van der Waals surface area contributed by atoms with Crippen molar-refractivity contribution in [3.8, 4) is 0 Å². The lowest BCUT2D eigenvalue weighted by Crippen LogP contribution is -2.35. The molecule has 1 aliphatic rings. The number of hydrogen-bond donors (Lipinski definition) is 1. The Kier molecular flexibility index (Phi) is 5.27. The van der Waals surface area contributed by atoms with Crippen LogP contribution in [0.1, 0.15) is 28.8 Å². The highest BCUT2D eigenvalue weighted by atomic mass is 19.1. The minimum atomic E-state index is -0.698. The van der Waals surface area contributed by atoms with Gasteiger partial charge in [-0.05, 0) is 30.5 Å². The minimum absolute atomic E-state index is 0.0687. The third-order valence-corrected chi connectivity index (χ3v) is 3.50. The molecule has 1 aromatic rings. The zero-order valence-corrected chi connectivity index (χ0v) is 12.0. The number of nitrogens with zero attached hydrogens (tertiary/aromatic N) is 1. The first-order chi connectivity index (χ1) is 10.1. The molecule has 0 bridgehead atoms. The molecule has 21 heavy (non-hydrogen) atoms. The summed E-state index contributed by atoms with van der Waals surface area (Å²) in [5, 5.41) is 2.99. The molecule has 1 fully saturated rings. The SMILES string of the molecule is COC(=O)c1ccc(CNCC(=O)N2CCCC2)cc1F. The fraction of sp³-hybridized carbons (Fsp3) is 0.467. The Labute approximate surface area is 123 Å². The molecule has 5 nitrogen and oxygen atoms in total. The molecule has 0 radical (unpaired) electrons. The van der Waals surface area contributed by atoms with Crippen molar-refractivity contribution in [2.24, 2.45) is 0 Å². The summed E-state index contributed by atoms with van der Waals surface area (Å²) in [5.74, 6) is -1.25. The normalized spacial score (nSPS) is 14.3. The number of ether oxygens (including phenoxy) is 1. The summed E-state index contributed by atoms with van der Waals surface area (Å²) in [4.78, 5) is 24.9. The molecule has 1 N–H and O–H groups in total. The van der Waals surface area contributed by atoms with E-state index in [2.05, 4.69) is 10.1 Å². The third kappa shape index (κ3) is 4.01. The van der Waals surface area contributed by atoms with E-state index in [9.17, 15) is 14.0 Å². The van der Waals surface area contributed by atoms with Crippen LogP contribution in [-0.2, 0) is 16.1 Å². The number of likely N-dealkylation sites (tertiary alicyclic amines) is 1. The molecule has 1 saturated heterocycles. The van der Waals surface area contributed by atoms with E-state index in [1.165, 1.54) is 19.2 Å². The average molecular weight is 294 g/mol. The summed E-state index contributed by atoms with van der Waals surface area (Å²) < 4.78 is 18.2. The molecule has 0 aliphatic carbocycles. The molecule has 0 spiro atoms. The zero-order chi connectivity index (χ0) is 15.2.